The number of nitrogens with one attached hydrogen (secondary N) is 3. The average Bonchev–Trinajstić information content (AvgIpc) is 3.47. The van der Waals surface area contributed by atoms with E-state index < -0.39 is 59.1 Å². The summed E-state index contributed by atoms with van der Waals surface area (Å²) in [6, 6.07) is -1.39. The molecule has 2 aromatic rings. The van der Waals surface area contributed by atoms with Gasteiger partial charge in [0.15, 0.2) is 0 Å². The molecule has 0 unspecified atom stereocenters. The maximum Gasteiger partial charge on any atom is 0.418 e. The summed E-state index contributed by atoms with van der Waals surface area (Å²) in [5, 5.41) is 12.8. The van der Waals surface area contributed by atoms with Crippen molar-refractivity contribution in [1.29, 1.82) is 0 Å². The van der Waals surface area contributed by atoms with Crippen LogP contribution in [0.2, 0.25) is 0 Å². The van der Waals surface area contributed by atoms with Crippen molar-refractivity contribution in [3.05, 3.63) is 45.1 Å². The number of benzene rings is 1. The van der Waals surface area contributed by atoms with E-state index in [1.807, 2.05) is 10.8 Å². The third-order valence-electron chi connectivity index (χ3n) is 10.8. The predicted molar refractivity (Wildman–Crippen MR) is 180 cm³/mol. The molecule has 5 N–H and O–H groups in total. The summed E-state index contributed by atoms with van der Waals surface area (Å²) in [5.41, 5.74) is 2.04. The van der Waals surface area contributed by atoms with Gasteiger partial charge in [-0.1, -0.05) is 0 Å². The Hall–Kier alpha value is -3.73. The van der Waals surface area contributed by atoms with Gasteiger partial charge in [-0.05, 0) is 98.5 Å². The van der Waals surface area contributed by atoms with E-state index in [2.05, 4.69) is 16.0 Å². The number of thiophene rings is 1. The van der Waals surface area contributed by atoms with E-state index in [1.54, 1.807) is 9.80 Å². The Labute approximate surface area is 296 Å². The standard InChI is InChI=1S/C34H43F6N7O3S/c35-33(36,37)25-15-20(16-26(29(25)41)34(38,39)40)17-27(30(48)45-10-3-22(4-11-45)21-1-8-42-9-2-21)43-31(49)46-12-6-24(7-13-46)47-14-5-23-18-51-19-28(23)44-32(47)50/h15-16,18-19,21-22,24,27,42H,1-14,17,41H2,(H,43,49)(H,44,50)/t27-/m1/s1. The fourth-order valence-corrected chi connectivity index (χ4v) is 8.81. The summed E-state index contributed by atoms with van der Waals surface area (Å²) in [4.78, 5) is 45.4. The first-order valence-corrected chi connectivity index (χ1v) is 18.4. The molecule has 1 aromatic heterocycles. The van der Waals surface area contributed by atoms with Crippen LogP contribution in [0.5, 0.6) is 0 Å². The van der Waals surface area contributed by atoms with Crippen molar-refractivity contribution in [2.45, 2.75) is 75.8 Å². The first-order chi connectivity index (χ1) is 24.2. The molecule has 5 heterocycles. The lowest BCUT2D eigenvalue weighted by Gasteiger charge is -2.40. The molecule has 10 nitrogen and oxygen atoms in total. The summed E-state index contributed by atoms with van der Waals surface area (Å²) >= 11 is 1.51. The van der Waals surface area contributed by atoms with Crippen molar-refractivity contribution in [2.75, 3.05) is 56.9 Å². The van der Waals surface area contributed by atoms with Gasteiger partial charge < -0.3 is 36.4 Å². The molecule has 0 radical (unpaired) electrons. The second-order valence-electron chi connectivity index (χ2n) is 14.0. The van der Waals surface area contributed by atoms with Crippen molar-refractivity contribution < 1.29 is 40.7 Å². The Bertz CT molecular complexity index is 1540. The molecule has 17 heteroatoms. The third kappa shape index (κ3) is 8.50. The van der Waals surface area contributed by atoms with E-state index in [1.165, 1.54) is 16.2 Å². The van der Waals surface area contributed by atoms with Crippen LogP contribution in [-0.4, -0.2) is 90.6 Å². The van der Waals surface area contributed by atoms with E-state index in [0.29, 0.717) is 62.9 Å². The molecule has 280 valence electrons. The van der Waals surface area contributed by atoms with Crippen LogP contribution in [0.1, 0.15) is 60.8 Å². The lowest BCUT2D eigenvalue weighted by atomic mass is 9.79. The molecule has 0 spiro atoms. The smallest absolute Gasteiger partial charge is 0.398 e. The van der Waals surface area contributed by atoms with E-state index in [0.717, 1.165) is 50.0 Å². The van der Waals surface area contributed by atoms with Crippen LogP contribution in [-0.2, 0) is 30.0 Å². The molecular weight excluding hydrogens is 700 g/mol. The molecule has 0 aliphatic carbocycles. The minimum Gasteiger partial charge on any atom is -0.398 e. The molecular formula is C34H43F6N7O3S. The Morgan fingerprint density at radius 2 is 1.45 bits per heavy atom. The number of likely N-dealkylation sites (tertiary alicyclic amines) is 2. The highest BCUT2D eigenvalue weighted by molar-refractivity contribution is 7.08. The zero-order chi connectivity index (χ0) is 36.5. The number of carbonyl (C=O) groups excluding carboxylic acids is 3. The van der Waals surface area contributed by atoms with Crippen molar-refractivity contribution >= 4 is 40.7 Å². The third-order valence-corrected chi connectivity index (χ3v) is 11.6. The molecule has 1 aromatic carbocycles. The van der Waals surface area contributed by atoms with Crippen molar-refractivity contribution in [2.24, 2.45) is 11.8 Å². The maximum absolute atomic E-state index is 14.0. The van der Waals surface area contributed by atoms with Gasteiger partial charge >= 0.3 is 24.4 Å². The van der Waals surface area contributed by atoms with Gasteiger partial charge in [0.25, 0.3) is 0 Å². The van der Waals surface area contributed by atoms with Crippen LogP contribution in [0, 0.1) is 11.8 Å². The van der Waals surface area contributed by atoms with Crippen molar-refractivity contribution in [1.82, 2.24) is 25.3 Å². The number of nitrogen functional groups attached to an aromatic ring is 1. The van der Waals surface area contributed by atoms with Crippen LogP contribution < -0.4 is 21.7 Å². The van der Waals surface area contributed by atoms with Crippen molar-refractivity contribution in [3.63, 3.8) is 0 Å². The van der Waals surface area contributed by atoms with Gasteiger partial charge in [-0.3, -0.25) is 4.79 Å². The molecule has 4 aliphatic heterocycles. The number of hydrogen-bond acceptors (Lipinski definition) is 6. The zero-order valence-corrected chi connectivity index (χ0v) is 28.9. The van der Waals surface area contributed by atoms with Gasteiger partial charge in [-0.2, -0.15) is 26.3 Å². The largest absolute Gasteiger partial charge is 0.418 e. The van der Waals surface area contributed by atoms with E-state index >= 15 is 0 Å². The van der Waals surface area contributed by atoms with Crippen LogP contribution in [0.4, 0.5) is 47.3 Å². The lowest BCUT2D eigenvalue weighted by Crippen LogP contribution is -2.57. The van der Waals surface area contributed by atoms with Crippen LogP contribution in [0.3, 0.4) is 0 Å². The molecule has 6 rings (SSSR count). The number of nitrogens with zero attached hydrogens (tertiary/aromatic N) is 3. The highest BCUT2D eigenvalue weighted by Crippen LogP contribution is 2.42. The number of urea groups is 2. The molecule has 0 bridgehead atoms. The lowest BCUT2D eigenvalue weighted by molar-refractivity contribution is -0.141. The number of rotatable bonds is 6. The monoisotopic (exact) mass is 743 g/mol. The number of carbonyl (C=O) groups is 3. The Morgan fingerprint density at radius 1 is 0.863 bits per heavy atom. The second-order valence-corrected chi connectivity index (χ2v) is 14.7. The van der Waals surface area contributed by atoms with Gasteiger partial charge in [0.05, 0.1) is 22.5 Å². The van der Waals surface area contributed by atoms with Gasteiger partial charge in [0.2, 0.25) is 5.91 Å². The van der Waals surface area contributed by atoms with Gasteiger partial charge in [-0.15, -0.1) is 11.3 Å². The highest BCUT2D eigenvalue weighted by Gasteiger charge is 2.42. The number of alkyl halides is 6. The number of halogens is 6. The number of anilines is 2. The zero-order valence-electron chi connectivity index (χ0n) is 28.0. The van der Waals surface area contributed by atoms with Crippen molar-refractivity contribution in [3.8, 4) is 0 Å². The van der Waals surface area contributed by atoms with Crippen LogP contribution in [0.15, 0.2) is 22.9 Å². The van der Waals surface area contributed by atoms with E-state index in [9.17, 15) is 40.7 Å². The summed E-state index contributed by atoms with van der Waals surface area (Å²) in [5.74, 6) is 0.366. The Morgan fingerprint density at radius 3 is 2.06 bits per heavy atom. The minimum absolute atomic E-state index is 0.142. The fourth-order valence-electron chi connectivity index (χ4n) is 7.99. The first-order valence-electron chi connectivity index (χ1n) is 17.4. The summed E-state index contributed by atoms with van der Waals surface area (Å²) in [6.45, 7) is 3.59. The molecule has 5 amide bonds. The molecule has 4 aliphatic rings. The molecule has 51 heavy (non-hydrogen) atoms. The second kappa shape index (κ2) is 15.1. The molecule has 1 atom stereocenters. The van der Waals surface area contributed by atoms with Gasteiger partial charge in [0.1, 0.15) is 6.04 Å². The summed E-state index contributed by atoms with van der Waals surface area (Å²) in [7, 11) is 0. The van der Waals surface area contributed by atoms with Gasteiger partial charge in [-0.25, -0.2) is 9.59 Å². The topological polar surface area (TPSA) is 123 Å². The molecule has 3 saturated heterocycles. The first kappa shape index (κ1) is 37.0. The number of hydrogen-bond donors (Lipinski definition) is 4. The number of piperidine rings is 3. The van der Waals surface area contributed by atoms with Gasteiger partial charge in [0, 0.05) is 50.6 Å². The summed E-state index contributed by atoms with van der Waals surface area (Å²) < 4.78 is 83.2. The normalized spacial score (nSPS) is 20.8. The Balaban J connectivity index is 1.17. The van der Waals surface area contributed by atoms with E-state index in [-0.39, 0.29) is 25.2 Å². The van der Waals surface area contributed by atoms with Crippen LogP contribution in [0.25, 0.3) is 0 Å². The fraction of sp³-hybridized carbons (Fsp3) is 0.618. The maximum atomic E-state index is 14.0. The SMILES string of the molecule is Nc1c(C(F)(F)F)cc(C[C@@H](NC(=O)N2CCC(N3CCc4cscc4NC3=O)CC2)C(=O)N2CCC(C3CCNCC3)CC2)cc1C(F)(F)F. The minimum atomic E-state index is -5.18. The molecule has 0 saturated carbocycles. The average molecular weight is 744 g/mol. The van der Waals surface area contributed by atoms with Crippen LogP contribution >= 0.6 is 11.3 Å². The Kier molecular flexibility index (Phi) is 11.0. The number of amides is 5. The highest BCUT2D eigenvalue weighted by atomic mass is 32.1. The number of nitrogens with two attached hydrogens (primary N) is 1. The molecule has 3 fully saturated rings. The quantitative estimate of drug-likeness (QED) is 0.221. The predicted octanol–water partition coefficient (Wildman–Crippen LogP) is 5.78. The number of fused-ring (bicyclic) bond motifs is 1. The van der Waals surface area contributed by atoms with E-state index in [4.69, 9.17) is 5.73 Å². The summed E-state index contributed by atoms with van der Waals surface area (Å²) in [6.07, 6.45) is -5.84.